The van der Waals surface area contributed by atoms with Crippen LogP contribution in [0.15, 0.2) is 321 Å². The molecule has 2 aliphatic rings. The summed E-state index contributed by atoms with van der Waals surface area (Å²) in [6.45, 7) is 126. The molecule has 0 atom stereocenters. The van der Waals surface area contributed by atoms with Gasteiger partial charge in [0, 0.05) is 327 Å². The maximum absolute atomic E-state index is 4.25. The van der Waals surface area contributed by atoms with Crippen molar-refractivity contribution in [2.24, 2.45) is 23.7 Å². The summed E-state index contributed by atoms with van der Waals surface area (Å²) in [7, 11) is 0. The maximum atomic E-state index is 4.25. The molecule has 0 aliphatic heterocycles. The van der Waals surface area contributed by atoms with Gasteiger partial charge in [0.15, 0.2) is 0 Å². The van der Waals surface area contributed by atoms with Crippen LogP contribution in [0.5, 0.6) is 0 Å². The van der Waals surface area contributed by atoms with Crippen molar-refractivity contribution in [3.05, 3.63) is 545 Å². The Labute approximate surface area is 1060 Å². The van der Waals surface area contributed by atoms with Crippen molar-refractivity contribution >= 4 is 0 Å². The van der Waals surface area contributed by atoms with Crippen LogP contribution >= 0.6 is 0 Å². The third-order valence-corrected chi connectivity index (χ3v) is 16.9. The average Bonchev–Trinajstić information content (AvgIpc) is 0.919. The summed E-state index contributed by atoms with van der Waals surface area (Å²) in [5.74, 6) is 3.60. The molecule has 0 bridgehead atoms. The van der Waals surface area contributed by atoms with E-state index in [0.29, 0.717) is 0 Å². The number of aryl methyl sites for hydroxylation is 7. The van der Waals surface area contributed by atoms with Crippen molar-refractivity contribution in [2.45, 2.75) is 185 Å². The SMILES string of the molecule is C=CCc1ccc(C)cc1.C=CCc1ccc(CC)cc1.C=CCc1ccc(CC)cc1.C=C[CH2-].C=C[CH2-].[CH-]=C.[CH-]=C.[CH-]=C.[CH-]=C.[CH-]=C.[CH-]=C.[CH2-]C.[CH2-]C.[CH2-]C1CCC(CC)CC1.[CH2-]C1CCC(CC)CC1.[CH2-]c1cc[c-]cc1.[CH2-]c1cc[c-]cc1.[CH2-]c1ccc(C)cc1.[CH2-]c1ccc(C)cc1.[CH2-]c1ccc(CC)cc1.[CH2-]c1ccc(CC)cc1.[Y].[Y].[Y].[Y].[Y].[Y].[Y].[Y].[Y].[Y]. The van der Waals surface area contributed by atoms with Crippen molar-refractivity contribution in [1.82, 2.24) is 0 Å². The normalized spacial score (nSPS) is 11.2. The first kappa shape index (κ1) is 179. The average molecular weight is 2500 g/mol. The van der Waals surface area contributed by atoms with Crippen LogP contribution in [-0.2, 0) is 372 Å². The Kier molecular flexibility index (Phi) is 202. The fraction of sp³-hybridized carbons (Fsp3) is 0.267. The quantitative estimate of drug-likeness (QED) is 0.0845. The molecule has 0 spiro atoms. The summed E-state index contributed by atoms with van der Waals surface area (Å²) in [5.41, 5.74) is 19.9. The third kappa shape index (κ3) is 128. The van der Waals surface area contributed by atoms with Crippen LogP contribution in [0.25, 0.3) is 0 Å². The second-order valence-corrected chi connectivity index (χ2v) is 26.1. The summed E-state index contributed by atoms with van der Waals surface area (Å²) in [4.78, 5) is 0. The van der Waals surface area contributed by atoms with E-state index in [0.717, 1.165) is 102 Å². The number of hydrogen-bond donors (Lipinski definition) is 0. The minimum Gasteiger partial charge on any atom is -0.521 e. The van der Waals surface area contributed by atoms with Gasteiger partial charge < -0.3 is 67.2 Å². The van der Waals surface area contributed by atoms with E-state index < -0.39 is 0 Å². The first-order chi connectivity index (χ1) is 58.0. The van der Waals surface area contributed by atoms with Crippen molar-refractivity contribution < 1.29 is 327 Å². The van der Waals surface area contributed by atoms with Gasteiger partial charge in [-0.15, -0.1) is 68.3 Å². The van der Waals surface area contributed by atoms with Gasteiger partial charge in [-0.2, -0.15) is 210 Å². The van der Waals surface area contributed by atoms with Gasteiger partial charge in [0.05, 0.1) is 0 Å². The van der Waals surface area contributed by atoms with Crippen molar-refractivity contribution in [2.75, 3.05) is 0 Å². The summed E-state index contributed by atoms with van der Waals surface area (Å²) in [5, 5.41) is 0. The van der Waals surface area contributed by atoms with Gasteiger partial charge in [-0.3, -0.25) is 39.5 Å². The Morgan fingerprint density at radius 3 is 0.538 bits per heavy atom. The Hall–Kier alpha value is 0.119. The first-order valence-corrected chi connectivity index (χ1v) is 41.6. The molecule has 0 nitrogen and oxygen atoms in total. The molecule has 9 aromatic carbocycles. The van der Waals surface area contributed by atoms with Gasteiger partial charge in [0.25, 0.3) is 0 Å². The van der Waals surface area contributed by atoms with E-state index in [-0.39, 0.29) is 327 Å². The Morgan fingerprint density at radius 2 is 0.400 bits per heavy atom. The number of allylic oxidation sites excluding steroid dienone is 5. The standard InChI is InChI=1S/2C11H14.C10H12.2C9H17.2C9H11.2C8H9.2C7H6.2C3H5.2C2H5.6C2H3.10Y/c2*1-3-5-11-8-6-10(4-2)7-9-11;1-3-4-10-7-5-9(2)6-8-10;4*1-3-9-6-4-8(2)5-7-9;2*1-7-3-5-8(2)6-4-7;2*1-7-5-3-2-4-6-7;2*1-3-2;8*1-2;;;;;;;;;;/h2*3,6-9H,1,4-5H2,2H3;3,5-8H,1,4H2,2H3;2*8-9H,2-7H2,1H3;2*4-7H,2-3H2,1H3;2*3-6H,1H2,2H3;2*3-6H,1H2;2*3H,1-2H2;2*1H2,2H3;6*1H,2H2;;;;;;;;;;/q;;;6*-1;2*-2;10*-1;;;;;;;;;;. The van der Waals surface area contributed by atoms with E-state index in [1.54, 1.807) is 13.8 Å². The molecule has 0 heterocycles. The molecule has 9 aromatic rings. The molecule has 0 amide bonds. The number of benzene rings is 9. The van der Waals surface area contributed by atoms with Crippen molar-refractivity contribution in [3.8, 4) is 0 Å². The molecule has 10 radical (unpaired) electrons. The minimum absolute atomic E-state index is 0. The van der Waals surface area contributed by atoms with Crippen LogP contribution in [0.1, 0.15) is 209 Å². The Morgan fingerprint density at radius 1 is 0.262 bits per heavy atom. The molecular formula is C120H164Y10-20. The molecule has 0 unspecified atom stereocenters. The van der Waals surface area contributed by atoms with E-state index in [1.165, 1.54) is 132 Å². The Balaban J connectivity index is -0.0000000553. The van der Waals surface area contributed by atoms with E-state index in [4.69, 9.17) is 0 Å². The van der Waals surface area contributed by atoms with Crippen LogP contribution < -0.4 is 0 Å². The van der Waals surface area contributed by atoms with E-state index in [9.17, 15) is 0 Å². The van der Waals surface area contributed by atoms with Crippen LogP contribution in [0.2, 0.25) is 0 Å². The van der Waals surface area contributed by atoms with Crippen molar-refractivity contribution in [3.63, 3.8) is 0 Å². The molecule has 694 valence electrons. The van der Waals surface area contributed by atoms with Gasteiger partial charge >= 0.3 is 0 Å². The Bertz CT molecular complexity index is 3260. The van der Waals surface area contributed by atoms with E-state index in [2.05, 4.69) is 391 Å². The van der Waals surface area contributed by atoms with Crippen molar-refractivity contribution in [1.29, 1.82) is 0 Å². The smallest absolute Gasteiger partial charge is 0 e. The van der Waals surface area contributed by atoms with Gasteiger partial charge in [0.2, 0.25) is 0 Å². The molecule has 10 heteroatoms. The number of rotatable bonds is 12. The van der Waals surface area contributed by atoms with Gasteiger partial charge in [-0.05, 0) is 105 Å². The summed E-state index contributed by atoms with van der Waals surface area (Å²) < 4.78 is 0. The van der Waals surface area contributed by atoms with Crippen LogP contribution in [0, 0.1) is 179 Å². The molecular weight excluding hydrogens is 2330 g/mol. The monoisotopic (exact) mass is 2490 g/mol. The second kappa shape index (κ2) is 147. The second-order valence-electron chi connectivity index (χ2n) is 26.1. The molecule has 2 aliphatic carbocycles. The van der Waals surface area contributed by atoms with Crippen LogP contribution in [0.4, 0.5) is 0 Å². The van der Waals surface area contributed by atoms with Gasteiger partial charge in [-0.1, -0.05) is 225 Å². The van der Waals surface area contributed by atoms with Gasteiger partial charge in [0.1, 0.15) is 0 Å². The van der Waals surface area contributed by atoms with Crippen LogP contribution in [0.3, 0.4) is 0 Å². The molecule has 0 saturated heterocycles. The minimum atomic E-state index is 0. The van der Waals surface area contributed by atoms with Gasteiger partial charge in [-0.25, -0.2) is 39.2 Å². The molecule has 0 N–H and O–H groups in total. The maximum Gasteiger partial charge on any atom is 0 e. The fourth-order valence-electron chi connectivity index (χ4n) is 9.89. The summed E-state index contributed by atoms with van der Waals surface area (Å²) >= 11 is 0. The molecule has 2 fully saturated rings. The summed E-state index contributed by atoms with van der Waals surface area (Å²) in [6.07, 6.45) is 30.2. The van der Waals surface area contributed by atoms with Crippen LogP contribution in [-0.4, -0.2) is 0 Å². The molecule has 0 aromatic heterocycles. The zero-order valence-electron chi connectivity index (χ0n) is 83.5. The van der Waals surface area contributed by atoms with E-state index >= 15 is 0 Å². The number of hydrogen-bond acceptors (Lipinski definition) is 0. The zero-order valence-corrected chi connectivity index (χ0v) is 112. The predicted octanol–water partition coefficient (Wildman–Crippen LogP) is 34.6. The fourth-order valence-corrected chi connectivity index (χ4v) is 9.89. The largest absolute Gasteiger partial charge is 0.521 e. The first-order valence-electron chi connectivity index (χ1n) is 41.6. The third-order valence-electron chi connectivity index (χ3n) is 16.9. The van der Waals surface area contributed by atoms with E-state index in [1.807, 2.05) is 115 Å². The molecule has 130 heavy (non-hydrogen) atoms. The molecule has 2 saturated carbocycles. The topological polar surface area (TPSA) is 0 Å². The summed E-state index contributed by atoms with van der Waals surface area (Å²) in [6, 6.07) is 79.6. The zero-order chi connectivity index (χ0) is 94.0. The molecule has 11 rings (SSSR count). The predicted molar refractivity (Wildman–Crippen MR) is 551 cm³/mol.